The molecule has 1 aliphatic heterocycles. The van der Waals surface area contributed by atoms with Gasteiger partial charge in [-0.2, -0.15) is 0 Å². The molecule has 5 nitrogen and oxygen atoms in total. The summed E-state index contributed by atoms with van der Waals surface area (Å²) in [5.74, 6) is 0.916. The van der Waals surface area contributed by atoms with Crippen molar-refractivity contribution < 1.29 is 4.79 Å². The summed E-state index contributed by atoms with van der Waals surface area (Å²) in [5.41, 5.74) is 2.02. The second-order valence-corrected chi connectivity index (χ2v) is 5.30. The van der Waals surface area contributed by atoms with E-state index in [0.29, 0.717) is 5.69 Å². The largest absolute Gasteiger partial charge is 0.354 e. The average Bonchev–Trinajstić information content (AvgIpc) is 2.96. The van der Waals surface area contributed by atoms with Gasteiger partial charge >= 0.3 is 0 Å². The van der Waals surface area contributed by atoms with E-state index in [2.05, 4.69) is 39.5 Å². The number of carbonyl (C=O) groups is 1. The molecule has 0 bridgehead atoms. The monoisotopic (exact) mass is 284 g/mol. The lowest BCUT2D eigenvalue weighted by Crippen LogP contribution is -2.36. The molecule has 2 heterocycles. The number of fused-ring (bicyclic) bond motifs is 1. The standard InChI is InChI=1S/C16H20N4O/c1-17-16(21)14-11-18-15-12-19(9-10-20(14)15)8-7-13-5-3-2-4-6-13/h2-6,11H,7-10,12H2,1H3,(H,17,21). The molecule has 5 heteroatoms. The average molecular weight is 284 g/mol. The zero-order valence-electron chi connectivity index (χ0n) is 12.2. The van der Waals surface area contributed by atoms with Crippen molar-refractivity contribution in [1.82, 2.24) is 19.8 Å². The number of nitrogens with one attached hydrogen (secondary N) is 1. The van der Waals surface area contributed by atoms with Gasteiger partial charge in [0.15, 0.2) is 0 Å². The van der Waals surface area contributed by atoms with Gasteiger partial charge in [0.25, 0.3) is 5.91 Å². The highest BCUT2D eigenvalue weighted by Crippen LogP contribution is 2.15. The Balaban J connectivity index is 1.63. The van der Waals surface area contributed by atoms with Crippen molar-refractivity contribution in [3.63, 3.8) is 0 Å². The van der Waals surface area contributed by atoms with Crippen LogP contribution in [0.5, 0.6) is 0 Å². The second kappa shape index (κ2) is 6.10. The third-order valence-corrected chi connectivity index (χ3v) is 3.96. The number of amides is 1. The summed E-state index contributed by atoms with van der Waals surface area (Å²) in [7, 11) is 1.65. The summed E-state index contributed by atoms with van der Waals surface area (Å²) in [4.78, 5) is 18.5. The fraction of sp³-hybridized carbons (Fsp3) is 0.375. The van der Waals surface area contributed by atoms with Crippen LogP contribution in [-0.4, -0.2) is 40.5 Å². The van der Waals surface area contributed by atoms with Gasteiger partial charge in [-0.3, -0.25) is 9.69 Å². The molecule has 0 aliphatic carbocycles. The Morgan fingerprint density at radius 3 is 2.86 bits per heavy atom. The molecule has 0 unspecified atom stereocenters. The van der Waals surface area contributed by atoms with Crippen LogP contribution in [0, 0.1) is 0 Å². The Morgan fingerprint density at radius 2 is 2.10 bits per heavy atom. The van der Waals surface area contributed by atoms with E-state index >= 15 is 0 Å². The van der Waals surface area contributed by atoms with Crippen LogP contribution in [-0.2, 0) is 19.5 Å². The maximum absolute atomic E-state index is 11.8. The Morgan fingerprint density at radius 1 is 1.29 bits per heavy atom. The van der Waals surface area contributed by atoms with Crippen LogP contribution < -0.4 is 5.32 Å². The van der Waals surface area contributed by atoms with Crippen molar-refractivity contribution in [1.29, 1.82) is 0 Å². The van der Waals surface area contributed by atoms with E-state index in [0.717, 1.165) is 38.4 Å². The molecule has 0 saturated heterocycles. The van der Waals surface area contributed by atoms with E-state index in [4.69, 9.17) is 0 Å². The highest BCUT2D eigenvalue weighted by Gasteiger charge is 2.21. The van der Waals surface area contributed by atoms with E-state index < -0.39 is 0 Å². The fourth-order valence-electron chi connectivity index (χ4n) is 2.74. The third kappa shape index (κ3) is 2.97. The van der Waals surface area contributed by atoms with Crippen LogP contribution in [0.25, 0.3) is 0 Å². The predicted octanol–water partition coefficient (Wildman–Crippen LogP) is 1.30. The lowest BCUT2D eigenvalue weighted by Gasteiger charge is -2.28. The SMILES string of the molecule is CNC(=O)c1cnc2n1CCN(CCc1ccccc1)C2. The van der Waals surface area contributed by atoms with Crippen molar-refractivity contribution in [3.05, 3.63) is 53.6 Å². The van der Waals surface area contributed by atoms with Gasteiger partial charge in [-0.25, -0.2) is 4.98 Å². The van der Waals surface area contributed by atoms with E-state index in [9.17, 15) is 4.79 Å². The lowest BCUT2D eigenvalue weighted by molar-refractivity contribution is 0.0949. The molecule has 1 N–H and O–H groups in total. The molecule has 2 aromatic rings. The zero-order chi connectivity index (χ0) is 14.7. The molecule has 110 valence electrons. The minimum absolute atomic E-state index is 0.0634. The minimum Gasteiger partial charge on any atom is -0.354 e. The van der Waals surface area contributed by atoms with Gasteiger partial charge in [0.1, 0.15) is 11.5 Å². The van der Waals surface area contributed by atoms with Gasteiger partial charge in [-0.1, -0.05) is 30.3 Å². The molecule has 0 radical (unpaired) electrons. The fourth-order valence-corrected chi connectivity index (χ4v) is 2.74. The normalized spacial score (nSPS) is 14.7. The molecule has 1 aromatic heterocycles. The van der Waals surface area contributed by atoms with Crippen LogP contribution in [0.1, 0.15) is 21.9 Å². The maximum Gasteiger partial charge on any atom is 0.269 e. The highest BCUT2D eigenvalue weighted by molar-refractivity contribution is 5.92. The Hall–Kier alpha value is -2.14. The first kappa shape index (κ1) is 13.8. The van der Waals surface area contributed by atoms with Crippen LogP contribution in [0.3, 0.4) is 0 Å². The van der Waals surface area contributed by atoms with E-state index in [1.165, 1.54) is 5.56 Å². The maximum atomic E-state index is 11.8. The molecule has 1 aromatic carbocycles. The number of benzene rings is 1. The summed E-state index contributed by atoms with van der Waals surface area (Å²) in [5, 5.41) is 2.66. The first-order chi connectivity index (χ1) is 10.3. The Bertz CT molecular complexity index is 620. The van der Waals surface area contributed by atoms with Gasteiger partial charge in [0, 0.05) is 26.7 Å². The summed E-state index contributed by atoms with van der Waals surface area (Å²) < 4.78 is 2.03. The zero-order valence-corrected chi connectivity index (χ0v) is 12.2. The molecule has 0 fully saturated rings. The molecule has 0 spiro atoms. The molecule has 0 saturated carbocycles. The van der Waals surface area contributed by atoms with Crippen molar-refractivity contribution in [2.75, 3.05) is 20.1 Å². The summed E-state index contributed by atoms with van der Waals surface area (Å²) in [6, 6.07) is 10.5. The van der Waals surface area contributed by atoms with Gasteiger partial charge < -0.3 is 9.88 Å². The molecule has 1 aliphatic rings. The summed E-state index contributed by atoms with van der Waals surface area (Å²) in [6.07, 6.45) is 2.72. The van der Waals surface area contributed by atoms with Gasteiger partial charge in [0.05, 0.1) is 12.7 Å². The quantitative estimate of drug-likeness (QED) is 0.921. The lowest BCUT2D eigenvalue weighted by atomic mass is 10.1. The molecule has 21 heavy (non-hydrogen) atoms. The number of hydrogen-bond acceptors (Lipinski definition) is 3. The first-order valence-corrected chi connectivity index (χ1v) is 7.30. The van der Waals surface area contributed by atoms with Crippen LogP contribution >= 0.6 is 0 Å². The van der Waals surface area contributed by atoms with Gasteiger partial charge in [-0.05, 0) is 12.0 Å². The van der Waals surface area contributed by atoms with Crippen LogP contribution in [0.15, 0.2) is 36.5 Å². The molecular formula is C16H20N4O. The topological polar surface area (TPSA) is 50.2 Å². The highest BCUT2D eigenvalue weighted by atomic mass is 16.1. The van der Waals surface area contributed by atoms with E-state index in [1.807, 2.05) is 10.6 Å². The summed E-state index contributed by atoms with van der Waals surface area (Å²) >= 11 is 0. The Kier molecular flexibility index (Phi) is 4.01. The molecule has 1 amide bonds. The third-order valence-electron chi connectivity index (χ3n) is 3.96. The molecule has 3 rings (SSSR count). The van der Waals surface area contributed by atoms with Crippen molar-refractivity contribution in [3.8, 4) is 0 Å². The number of imidazole rings is 1. The number of hydrogen-bond donors (Lipinski definition) is 1. The van der Waals surface area contributed by atoms with E-state index in [1.54, 1.807) is 13.2 Å². The minimum atomic E-state index is -0.0634. The Labute approximate surface area is 124 Å². The van der Waals surface area contributed by atoms with Crippen LogP contribution in [0.4, 0.5) is 0 Å². The number of nitrogens with zero attached hydrogens (tertiary/aromatic N) is 3. The first-order valence-electron chi connectivity index (χ1n) is 7.30. The van der Waals surface area contributed by atoms with Crippen LogP contribution in [0.2, 0.25) is 0 Å². The predicted molar refractivity (Wildman–Crippen MR) is 81.0 cm³/mol. The van der Waals surface area contributed by atoms with Gasteiger partial charge in [0.2, 0.25) is 0 Å². The van der Waals surface area contributed by atoms with Crippen molar-refractivity contribution in [2.24, 2.45) is 0 Å². The number of carbonyl (C=O) groups excluding carboxylic acids is 1. The van der Waals surface area contributed by atoms with Crippen molar-refractivity contribution >= 4 is 5.91 Å². The second-order valence-electron chi connectivity index (χ2n) is 5.30. The number of aromatic nitrogens is 2. The van der Waals surface area contributed by atoms with Crippen molar-refractivity contribution in [2.45, 2.75) is 19.5 Å². The van der Waals surface area contributed by atoms with Gasteiger partial charge in [-0.15, -0.1) is 0 Å². The molecular weight excluding hydrogens is 264 g/mol. The smallest absolute Gasteiger partial charge is 0.269 e. The summed E-state index contributed by atoms with van der Waals surface area (Å²) in [6.45, 7) is 3.61. The van der Waals surface area contributed by atoms with E-state index in [-0.39, 0.29) is 5.91 Å². The molecule has 0 atom stereocenters. The number of rotatable bonds is 4.